The van der Waals surface area contributed by atoms with Crippen LogP contribution >= 0.6 is 0 Å². The highest BCUT2D eigenvalue weighted by Crippen LogP contribution is 2.23. The third-order valence-electron chi connectivity index (χ3n) is 3.54. The largest absolute Gasteiger partial charge is 0.367 e. The number of para-hydroxylation sites is 1. The smallest absolute Gasteiger partial charge is 0.229 e. The standard InChI is InChI=1S/C17H19N5/c1-3-12(2)20-15-9-11-19-17(22-15)21-14-8-4-6-13-7-5-10-18-16(13)14/h4-12H,3H2,1-2H3,(H2,19,20,21,22). The molecule has 3 rings (SSSR count). The second-order valence-electron chi connectivity index (χ2n) is 5.22. The zero-order valence-electron chi connectivity index (χ0n) is 12.7. The molecule has 0 aliphatic rings. The van der Waals surface area contributed by atoms with Crippen LogP contribution in [0.4, 0.5) is 17.5 Å². The fourth-order valence-electron chi connectivity index (χ4n) is 2.18. The molecule has 0 spiro atoms. The molecule has 0 saturated heterocycles. The van der Waals surface area contributed by atoms with E-state index in [0.29, 0.717) is 12.0 Å². The lowest BCUT2D eigenvalue weighted by atomic mass is 10.2. The third kappa shape index (κ3) is 3.14. The normalized spacial score (nSPS) is 12.1. The Labute approximate surface area is 129 Å². The molecule has 5 heteroatoms. The number of anilines is 3. The van der Waals surface area contributed by atoms with Crippen molar-refractivity contribution in [2.45, 2.75) is 26.3 Å². The first-order chi connectivity index (χ1) is 10.8. The van der Waals surface area contributed by atoms with E-state index in [2.05, 4.69) is 39.4 Å². The summed E-state index contributed by atoms with van der Waals surface area (Å²) < 4.78 is 0. The summed E-state index contributed by atoms with van der Waals surface area (Å²) in [5, 5.41) is 7.69. The second kappa shape index (κ2) is 6.39. The van der Waals surface area contributed by atoms with Gasteiger partial charge in [-0.2, -0.15) is 4.98 Å². The Kier molecular flexibility index (Phi) is 4.14. The Morgan fingerprint density at radius 1 is 1.05 bits per heavy atom. The fraction of sp³-hybridized carbons (Fsp3) is 0.235. The van der Waals surface area contributed by atoms with Gasteiger partial charge in [0.1, 0.15) is 5.82 Å². The lowest BCUT2D eigenvalue weighted by Crippen LogP contribution is -2.15. The SMILES string of the molecule is CCC(C)Nc1ccnc(Nc2cccc3cccnc23)n1. The molecule has 1 aromatic carbocycles. The minimum absolute atomic E-state index is 0.377. The summed E-state index contributed by atoms with van der Waals surface area (Å²) in [6, 6.07) is 12.2. The van der Waals surface area contributed by atoms with E-state index in [1.807, 2.05) is 36.4 Å². The van der Waals surface area contributed by atoms with Crippen molar-refractivity contribution in [1.82, 2.24) is 15.0 Å². The minimum atomic E-state index is 0.377. The summed E-state index contributed by atoms with van der Waals surface area (Å²) in [5.41, 5.74) is 1.81. The minimum Gasteiger partial charge on any atom is -0.367 e. The average molecular weight is 293 g/mol. The molecule has 0 aliphatic carbocycles. The number of benzene rings is 1. The summed E-state index contributed by atoms with van der Waals surface area (Å²) >= 11 is 0. The highest BCUT2D eigenvalue weighted by atomic mass is 15.1. The molecule has 1 unspecified atom stereocenters. The first kappa shape index (κ1) is 14.3. The first-order valence-corrected chi connectivity index (χ1v) is 7.46. The molecule has 22 heavy (non-hydrogen) atoms. The topological polar surface area (TPSA) is 62.7 Å². The van der Waals surface area contributed by atoms with Crippen LogP contribution in [0.1, 0.15) is 20.3 Å². The van der Waals surface area contributed by atoms with Crippen molar-refractivity contribution in [2.24, 2.45) is 0 Å². The predicted molar refractivity (Wildman–Crippen MR) is 90.4 cm³/mol. The third-order valence-corrected chi connectivity index (χ3v) is 3.54. The van der Waals surface area contributed by atoms with Crippen molar-refractivity contribution in [3.8, 4) is 0 Å². The maximum atomic E-state index is 4.50. The zero-order chi connectivity index (χ0) is 15.4. The molecular weight excluding hydrogens is 274 g/mol. The van der Waals surface area contributed by atoms with Gasteiger partial charge in [0.25, 0.3) is 0 Å². The highest BCUT2D eigenvalue weighted by Gasteiger charge is 2.05. The molecule has 5 nitrogen and oxygen atoms in total. The van der Waals surface area contributed by atoms with Crippen molar-refractivity contribution in [3.05, 3.63) is 48.8 Å². The molecule has 1 atom stereocenters. The molecular formula is C17H19N5. The van der Waals surface area contributed by atoms with E-state index in [0.717, 1.165) is 28.8 Å². The summed E-state index contributed by atoms with van der Waals surface area (Å²) in [7, 11) is 0. The van der Waals surface area contributed by atoms with Gasteiger partial charge in [-0.05, 0) is 31.5 Å². The van der Waals surface area contributed by atoms with E-state index in [9.17, 15) is 0 Å². The van der Waals surface area contributed by atoms with Crippen LogP contribution in [-0.4, -0.2) is 21.0 Å². The number of fused-ring (bicyclic) bond motifs is 1. The van der Waals surface area contributed by atoms with Crippen molar-refractivity contribution in [2.75, 3.05) is 10.6 Å². The number of pyridine rings is 1. The van der Waals surface area contributed by atoms with Crippen LogP contribution in [0.25, 0.3) is 10.9 Å². The van der Waals surface area contributed by atoms with Crippen molar-refractivity contribution >= 4 is 28.4 Å². The van der Waals surface area contributed by atoms with Crippen LogP contribution in [-0.2, 0) is 0 Å². The van der Waals surface area contributed by atoms with Crippen LogP contribution in [0.5, 0.6) is 0 Å². The van der Waals surface area contributed by atoms with Gasteiger partial charge >= 0.3 is 0 Å². The van der Waals surface area contributed by atoms with Gasteiger partial charge < -0.3 is 10.6 Å². The second-order valence-corrected chi connectivity index (χ2v) is 5.22. The molecule has 0 saturated carbocycles. The molecule has 0 bridgehead atoms. The van der Waals surface area contributed by atoms with Crippen LogP contribution < -0.4 is 10.6 Å². The molecule has 0 radical (unpaired) electrons. The molecule has 112 valence electrons. The molecule has 3 aromatic rings. The Balaban J connectivity index is 1.87. The summed E-state index contributed by atoms with van der Waals surface area (Å²) in [6.45, 7) is 4.27. The van der Waals surface area contributed by atoms with Crippen molar-refractivity contribution in [1.29, 1.82) is 0 Å². The van der Waals surface area contributed by atoms with Crippen LogP contribution in [0.2, 0.25) is 0 Å². The van der Waals surface area contributed by atoms with E-state index in [1.54, 1.807) is 12.4 Å². The van der Waals surface area contributed by atoms with Crippen LogP contribution in [0.15, 0.2) is 48.8 Å². The summed E-state index contributed by atoms with van der Waals surface area (Å²) in [4.78, 5) is 13.2. The lowest BCUT2D eigenvalue weighted by Gasteiger charge is -2.13. The maximum Gasteiger partial charge on any atom is 0.229 e. The van der Waals surface area contributed by atoms with Gasteiger partial charge in [-0.1, -0.05) is 25.1 Å². The molecule has 0 amide bonds. The number of hydrogen-bond acceptors (Lipinski definition) is 5. The fourth-order valence-corrected chi connectivity index (χ4v) is 2.18. The van der Waals surface area contributed by atoms with E-state index in [-0.39, 0.29) is 0 Å². The number of nitrogens with one attached hydrogen (secondary N) is 2. The van der Waals surface area contributed by atoms with E-state index >= 15 is 0 Å². The Morgan fingerprint density at radius 3 is 2.77 bits per heavy atom. The molecule has 0 aliphatic heterocycles. The van der Waals surface area contributed by atoms with Gasteiger partial charge in [0, 0.05) is 23.8 Å². The Hall–Kier alpha value is -2.69. The molecule has 0 fully saturated rings. The number of rotatable bonds is 5. The maximum absolute atomic E-state index is 4.50. The van der Waals surface area contributed by atoms with Gasteiger partial charge in [0.15, 0.2) is 0 Å². The van der Waals surface area contributed by atoms with E-state index < -0.39 is 0 Å². The first-order valence-electron chi connectivity index (χ1n) is 7.46. The lowest BCUT2D eigenvalue weighted by molar-refractivity contribution is 0.759. The Morgan fingerprint density at radius 2 is 1.91 bits per heavy atom. The van der Waals surface area contributed by atoms with E-state index in [4.69, 9.17) is 0 Å². The molecule has 2 N–H and O–H groups in total. The quantitative estimate of drug-likeness (QED) is 0.745. The number of nitrogens with zero attached hydrogens (tertiary/aromatic N) is 3. The highest BCUT2D eigenvalue weighted by molar-refractivity contribution is 5.91. The van der Waals surface area contributed by atoms with Gasteiger partial charge in [-0.3, -0.25) is 4.98 Å². The van der Waals surface area contributed by atoms with Crippen molar-refractivity contribution < 1.29 is 0 Å². The molecule has 2 heterocycles. The average Bonchev–Trinajstić information content (AvgIpc) is 2.55. The van der Waals surface area contributed by atoms with Gasteiger partial charge in [-0.25, -0.2) is 4.98 Å². The van der Waals surface area contributed by atoms with Gasteiger partial charge in [0.2, 0.25) is 5.95 Å². The summed E-state index contributed by atoms with van der Waals surface area (Å²) in [5.74, 6) is 1.38. The Bertz CT molecular complexity index is 766. The van der Waals surface area contributed by atoms with Gasteiger partial charge in [-0.15, -0.1) is 0 Å². The molecule has 2 aromatic heterocycles. The summed E-state index contributed by atoms with van der Waals surface area (Å²) in [6.07, 6.45) is 4.58. The predicted octanol–water partition coefficient (Wildman–Crippen LogP) is 3.98. The number of hydrogen-bond donors (Lipinski definition) is 2. The zero-order valence-corrected chi connectivity index (χ0v) is 12.7. The monoisotopic (exact) mass is 293 g/mol. The number of aromatic nitrogens is 3. The van der Waals surface area contributed by atoms with E-state index in [1.165, 1.54) is 0 Å². The van der Waals surface area contributed by atoms with Gasteiger partial charge in [0.05, 0.1) is 11.2 Å². The van der Waals surface area contributed by atoms with Crippen LogP contribution in [0.3, 0.4) is 0 Å². The van der Waals surface area contributed by atoms with Crippen LogP contribution in [0, 0.1) is 0 Å². The van der Waals surface area contributed by atoms with Crippen molar-refractivity contribution in [3.63, 3.8) is 0 Å².